The lowest BCUT2D eigenvalue weighted by molar-refractivity contribution is -0.384. The molecule has 2 aromatic carbocycles. The van der Waals surface area contributed by atoms with Gasteiger partial charge in [0, 0.05) is 40.1 Å². The van der Waals surface area contributed by atoms with E-state index in [1.54, 1.807) is 23.7 Å². The Labute approximate surface area is 203 Å². The van der Waals surface area contributed by atoms with Crippen molar-refractivity contribution < 1.29 is 14.8 Å². The number of nitrogens with one attached hydrogen (secondary N) is 2. The number of carbonyl (C=O) groups is 1. The Balaban J connectivity index is 1.75. The topological polar surface area (TPSA) is 135 Å². The second-order valence-electron chi connectivity index (χ2n) is 7.50. The number of hydrogen-bond acceptors (Lipinski definition) is 7. The van der Waals surface area contributed by atoms with E-state index in [1.807, 2.05) is 24.3 Å². The van der Waals surface area contributed by atoms with Gasteiger partial charge in [-0.15, -0.1) is 0 Å². The van der Waals surface area contributed by atoms with Gasteiger partial charge in [0.2, 0.25) is 5.95 Å². The highest BCUT2D eigenvalue weighted by Gasteiger charge is 2.34. The minimum atomic E-state index is -0.638. The normalized spacial score (nSPS) is 15.1. The Bertz CT molecular complexity index is 1220. The number of fused-ring (bicyclic) bond motifs is 1. The number of aliphatic hydroxyl groups excluding tert-OH is 1. The number of aliphatic hydroxyl groups is 1. The van der Waals surface area contributed by atoms with E-state index in [0.29, 0.717) is 47.1 Å². The number of non-ortho nitro benzene ring substituents is 1. The molecule has 0 unspecified atom stereocenters. The zero-order valence-corrected chi connectivity index (χ0v) is 19.8. The van der Waals surface area contributed by atoms with Crippen molar-refractivity contribution >= 4 is 45.8 Å². The van der Waals surface area contributed by atoms with Crippen LogP contribution in [0.5, 0.6) is 0 Å². The minimum absolute atomic E-state index is 0.0179. The molecule has 0 saturated heterocycles. The standard InChI is InChI=1S/C22H21IN6O4/c1-13-19(21(31)25-16-8-6-15(23)7-9-16)20(14-4-10-17(11-5-14)29(32)33)28-22(24-13)26-18(27-28)3-2-12-30/h4-11,20,30H,2-3,12H2,1H3,(H,25,31)(H,24,26,27)/t20-/m1/s1. The molecule has 0 bridgehead atoms. The molecule has 1 aromatic heterocycles. The molecule has 2 heterocycles. The number of carbonyl (C=O) groups excluding carboxylic acids is 1. The fourth-order valence-electron chi connectivity index (χ4n) is 3.65. The zero-order chi connectivity index (χ0) is 23.5. The summed E-state index contributed by atoms with van der Waals surface area (Å²) in [5, 5.41) is 30.9. The van der Waals surface area contributed by atoms with E-state index in [-0.39, 0.29) is 18.2 Å². The molecule has 0 aliphatic carbocycles. The molecule has 1 amide bonds. The van der Waals surface area contributed by atoms with Crippen LogP contribution >= 0.6 is 22.6 Å². The van der Waals surface area contributed by atoms with Crippen LogP contribution in [0.25, 0.3) is 0 Å². The first kappa shape index (κ1) is 22.9. The first-order chi connectivity index (χ1) is 15.9. The lowest BCUT2D eigenvalue weighted by Crippen LogP contribution is -2.31. The summed E-state index contributed by atoms with van der Waals surface area (Å²) in [7, 11) is 0. The maximum absolute atomic E-state index is 13.4. The summed E-state index contributed by atoms with van der Waals surface area (Å²) in [6.45, 7) is 1.80. The third-order valence-corrected chi connectivity index (χ3v) is 5.94. The maximum atomic E-state index is 13.4. The van der Waals surface area contributed by atoms with Crippen LogP contribution in [0.4, 0.5) is 17.3 Å². The van der Waals surface area contributed by atoms with Gasteiger partial charge in [-0.3, -0.25) is 14.9 Å². The van der Waals surface area contributed by atoms with Gasteiger partial charge in [-0.2, -0.15) is 10.1 Å². The third-order valence-electron chi connectivity index (χ3n) is 5.22. The fourth-order valence-corrected chi connectivity index (χ4v) is 4.01. The number of nitro groups is 1. The molecule has 0 radical (unpaired) electrons. The molecule has 4 rings (SSSR count). The van der Waals surface area contributed by atoms with Gasteiger partial charge >= 0.3 is 0 Å². The number of benzene rings is 2. The van der Waals surface area contributed by atoms with E-state index in [4.69, 9.17) is 5.11 Å². The third kappa shape index (κ3) is 4.88. The molecule has 10 nitrogen and oxygen atoms in total. The van der Waals surface area contributed by atoms with E-state index in [1.165, 1.54) is 12.1 Å². The quantitative estimate of drug-likeness (QED) is 0.228. The van der Waals surface area contributed by atoms with E-state index in [9.17, 15) is 14.9 Å². The smallest absolute Gasteiger partial charge is 0.269 e. The van der Waals surface area contributed by atoms with Crippen LogP contribution in [-0.2, 0) is 11.2 Å². The minimum Gasteiger partial charge on any atom is -0.396 e. The summed E-state index contributed by atoms with van der Waals surface area (Å²) in [6, 6.07) is 12.9. The maximum Gasteiger partial charge on any atom is 0.269 e. The Morgan fingerprint density at radius 1 is 1.24 bits per heavy atom. The number of anilines is 2. The van der Waals surface area contributed by atoms with Crippen LogP contribution in [0.15, 0.2) is 59.8 Å². The van der Waals surface area contributed by atoms with E-state index < -0.39 is 11.0 Å². The molecule has 170 valence electrons. The summed E-state index contributed by atoms with van der Waals surface area (Å²) >= 11 is 2.19. The Kier molecular flexibility index (Phi) is 6.70. The number of allylic oxidation sites excluding steroid dienone is 1. The second kappa shape index (κ2) is 9.67. The Morgan fingerprint density at radius 3 is 2.58 bits per heavy atom. The monoisotopic (exact) mass is 560 g/mol. The molecule has 1 aliphatic rings. The lowest BCUT2D eigenvalue weighted by Gasteiger charge is -2.28. The average Bonchev–Trinajstić information content (AvgIpc) is 3.20. The van der Waals surface area contributed by atoms with Crippen LogP contribution in [0.3, 0.4) is 0 Å². The first-order valence-corrected chi connectivity index (χ1v) is 11.3. The zero-order valence-electron chi connectivity index (χ0n) is 17.7. The highest BCUT2D eigenvalue weighted by Crippen LogP contribution is 2.36. The van der Waals surface area contributed by atoms with Crippen LogP contribution in [0, 0.1) is 13.7 Å². The van der Waals surface area contributed by atoms with Crippen LogP contribution in [0.2, 0.25) is 0 Å². The van der Waals surface area contributed by atoms with Gasteiger partial charge in [0.15, 0.2) is 5.82 Å². The molecule has 0 fully saturated rings. The molecule has 0 saturated carbocycles. The number of amides is 1. The van der Waals surface area contributed by atoms with Crippen molar-refractivity contribution in [2.75, 3.05) is 17.2 Å². The van der Waals surface area contributed by atoms with Crippen molar-refractivity contribution in [2.45, 2.75) is 25.8 Å². The molecule has 1 atom stereocenters. The summed E-state index contributed by atoms with van der Waals surface area (Å²) in [5.74, 6) is 0.683. The molecule has 33 heavy (non-hydrogen) atoms. The van der Waals surface area contributed by atoms with Gasteiger partial charge < -0.3 is 15.7 Å². The van der Waals surface area contributed by atoms with Gasteiger partial charge in [-0.05, 0) is 77.9 Å². The van der Waals surface area contributed by atoms with Gasteiger partial charge in [0.05, 0.1) is 10.5 Å². The van der Waals surface area contributed by atoms with E-state index in [0.717, 1.165) is 3.57 Å². The van der Waals surface area contributed by atoms with Crippen molar-refractivity contribution in [1.29, 1.82) is 0 Å². The highest BCUT2D eigenvalue weighted by molar-refractivity contribution is 14.1. The largest absolute Gasteiger partial charge is 0.396 e. The van der Waals surface area contributed by atoms with Gasteiger partial charge in [-0.1, -0.05) is 0 Å². The van der Waals surface area contributed by atoms with Crippen molar-refractivity contribution in [3.05, 3.63) is 84.9 Å². The molecule has 3 aromatic rings. The number of aromatic nitrogens is 3. The Hall–Kier alpha value is -3.32. The first-order valence-electron chi connectivity index (χ1n) is 10.2. The van der Waals surface area contributed by atoms with Gasteiger partial charge in [-0.25, -0.2) is 4.68 Å². The summed E-state index contributed by atoms with van der Waals surface area (Å²) < 4.78 is 2.66. The number of aryl methyl sites for hydroxylation is 1. The number of rotatable bonds is 7. The molecular weight excluding hydrogens is 539 g/mol. The summed E-state index contributed by atoms with van der Waals surface area (Å²) in [5.41, 5.74) is 2.30. The molecular formula is C22H21IN6O4. The fraction of sp³-hybridized carbons (Fsp3) is 0.227. The summed E-state index contributed by atoms with van der Waals surface area (Å²) in [6.07, 6.45) is 0.993. The number of halogens is 1. The van der Waals surface area contributed by atoms with Gasteiger partial charge in [0.25, 0.3) is 11.6 Å². The van der Waals surface area contributed by atoms with Crippen molar-refractivity contribution in [2.24, 2.45) is 0 Å². The molecule has 3 N–H and O–H groups in total. The van der Waals surface area contributed by atoms with Crippen molar-refractivity contribution in [1.82, 2.24) is 14.8 Å². The average molecular weight is 560 g/mol. The van der Waals surface area contributed by atoms with Crippen LogP contribution in [0.1, 0.15) is 30.8 Å². The molecule has 1 aliphatic heterocycles. The second-order valence-corrected chi connectivity index (χ2v) is 8.74. The lowest BCUT2D eigenvalue weighted by atomic mass is 9.95. The predicted octanol–water partition coefficient (Wildman–Crippen LogP) is 3.64. The number of hydrogen-bond donors (Lipinski definition) is 3. The number of nitro benzene ring substituents is 1. The van der Waals surface area contributed by atoms with Crippen molar-refractivity contribution in [3.63, 3.8) is 0 Å². The van der Waals surface area contributed by atoms with E-state index in [2.05, 4.69) is 43.3 Å². The molecule has 0 spiro atoms. The molecule has 11 heteroatoms. The Morgan fingerprint density at radius 2 is 1.94 bits per heavy atom. The SMILES string of the molecule is CC1=C(C(=O)Nc2ccc(I)cc2)[C@@H](c2ccc([N+](=O)[O-])cc2)n2nc(CCCO)nc2N1. The van der Waals surface area contributed by atoms with E-state index >= 15 is 0 Å². The summed E-state index contributed by atoms with van der Waals surface area (Å²) in [4.78, 5) is 28.5. The van der Waals surface area contributed by atoms with Crippen LogP contribution < -0.4 is 10.6 Å². The predicted molar refractivity (Wildman–Crippen MR) is 131 cm³/mol. The number of nitrogens with zero attached hydrogens (tertiary/aromatic N) is 4. The van der Waals surface area contributed by atoms with Crippen molar-refractivity contribution in [3.8, 4) is 0 Å². The highest BCUT2D eigenvalue weighted by atomic mass is 127. The van der Waals surface area contributed by atoms with Gasteiger partial charge in [0.1, 0.15) is 6.04 Å². The van der Waals surface area contributed by atoms with Crippen LogP contribution in [-0.4, -0.2) is 37.3 Å².